The molecule has 0 aliphatic rings. The summed E-state index contributed by atoms with van der Waals surface area (Å²) in [7, 11) is 0. The largest absolute Gasteiger partial charge is 0.280 e. The van der Waals surface area contributed by atoms with E-state index in [0.29, 0.717) is 27.2 Å². The molecule has 2 heterocycles. The maximum atomic E-state index is 6.14. The van der Waals surface area contributed by atoms with Gasteiger partial charge in [0.25, 0.3) is 0 Å². The fourth-order valence-corrected chi connectivity index (χ4v) is 3.20. The Morgan fingerprint density at radius 1 is 1.10 bits per heavy atom. The van der Waals surface area contributed by atoms with E-state index in [9.17, 15) is 0 Å². The maximum Gasteiger partial charge on any atom is 0.169 e. The molecule has 0 bridgehead atoms. The molecular formula is C13H9BrCl2N4. The summed E-state index contributed by atoms with van der Waals surface area (Å²) in [5, 5.41) is 1.02. The zero-order valence-corrected chi connectivity index (χ0v) is 13.8. The Kier molecular flexibility index (Phi) is 3.44. The minimum absolute atomic E-state index is 0.361. The standard InChI is InChI=1S/C13H9BrCl2N4/c1-6-17-12(16)11-13(18-6)20(7(2)19-11)10-4-3-8(15)5-9(10)14/h3-5H,1-2H3. The van der Waals surface area contributed by atoms with Crippen molar-refractivity contribution in [2.45, 2.75) is 13.8 Å². The molecule has 20 heavy (non-hydrogen) atoms. The maximum absolute atomic E-state index is 6.14. The van der Waals surface area contributed by atoms with E-state index in [4.69, 9.17) is 23.2 Å². The molecule has 0 aliphatic heterocycles. The van der Waals surface area contributed by atoms with Crippen LogP contribution in [0.3, 0.4) is 0 Å². The van der Waals surface area contributed by atoms with Crippen LogP contribution in [0.5, 0.6) is 0 Å². The van der Waals surface area contributed by atoms with E-state index in [0.717, 1.165) is 16.0 Å². The first kappa shape index (κ1) is 13.8. The molecule has 0 unspecified atom stereocenters. The monoisotopic (exact) mass is 370 g/mol. The van der Waals surface area contributed by atoms with Gasteiger partial charge in [-0.1, -0.05) is 23.2 Å². The molecule has 4 nitrogen and oxygen atoms in total. The lowest BCUT2D eigenvalue weighted by Crippen LogP contribution is -2.00. The van der Waals surface area contributed by atoms with E-state index in [1.165, 1.54) is 0 Å². The molecule has 1 aromatic carbocycles. The van der Waals surface area contributed by atoms with Gasteiger partial charge in [0.2, 0.25) is 0 Å². The lowest BCUT2D eigenvalue weighted by Gasteiger charge is -2.09. The van der Waals surface area contributed by atoms with Gasteiger partial charge in [0, 0.05) is 9.50 Å². The average molecular weight is 372 g/mol. The Morgan fingerprint density at radius 3 is 2.55 bits per heavy atom. The van der Waals surface area contributed by atoms with Crippen LogP contribution in [0.1, 0.15) is 11.6 Å². The molecule has 0 atom stereocenters. The number of fused-ring (bicyclic) bond motifs is 1. The lowest BCUT2D eigenvalue weighted by molar-refractivity contribution is 0.970. The Balaban J connectivity index is 2.38. The van der Waals surface area contributed by atoms with E-state index in [1.54, 1.807) is 6.92 Å². The van der Waals surface area contributed by atoms with Crippen molar-refractivity contribution in [3.05, 3.63) is 44.5 Å². The third-order valence-electron chi connectivity index (χ3n) is 2.89. The molecule has 3 aromatic rings. The number of aromatic nitrogens is 4. The first-order valence-corrected chi connectivity index (χ1v) is 7.37. The Hall–Kier alpha value is -1.17. The first-order chi connectivity index (χ1) is 9.47. The van der Waals surface area contributed by atoms with E-state index in [-0.39, 0.29) is 0 Å². The average Bonchev–Trinajstić information content (AvgIpc) is 2.67. The number of rotatable bonds is 1. The van der Waals surface area contributed by atoms with Crippen LogP contribution in [-0.4, -0.2) is 19.5 Å². The smallest absolute Gasteiger partial charge is 0.169 e. The van der Waals surface area contributed by atoms with Crippen molar-refractivity contribution in [1.82, 2.24) is 19.5 Å². The minimum Gasteiger partial charge on any atom is -0.280 e. The quantitative estimate of drug-likeness (QED) is 0.591. The predicted octanol–water partition coefficient (Wildman–Crippen LogP) is 4.50. The fraction of sp³-hybridized carbons (Fsp3) is 0.154. The number of aryl methyl sites for hydroxylation is 2. The van der Waals surface area contributed by atoms with Gasteiger partial charge in [0.1, 0.15) is 17.2 Å². The fourth-order valence-electron chi connectivity index (χ4n) is 2.09. The molecule has 2 aromatic heterocycles. The number of nitrogens with zero attached hydrogens (tertiary/aromatic N) is 4. The van der Waals surface area contributed by atoms with Gasteiger partial charge in [-0.25, -0.2) is 15.0 Å². The third kappa shape index (κ3) is 2.20. The van der Waals surface area contributed by atoms with Crippen LogP contribution in [-0.2, 0) is 0 Å². The lowest BCUT2D eigenvalue weighted by atomic mass is 10.3. The van der Waals surface area contributed by atoms with Crippen LogP contribution in [0.2, 0.25) is 10.2 Å². The Morgan fingerprint density at radius 2 is 1.85 bits per heavy atom. The van der Waals surface area contributed by atoms with E-state index >= 15 is 0 Å². The Bertz CT molecular complexity index is 829. The van der Waals surface area contributed by atoms with Crippen LogP contribution < -0.4 is 0 Å². The van der Waals surface area contributed by atoms with Gasteiger partial charge in [-0.3, -0.25) is 4.57 Å². The number of hydrogen-bond donors (Lipinski definition) is 0. The summed E-state index contributed by atoms with van der Waals surface area (Å²) < 4.78 is 2.79. The van der Waals surface area contributed by atoms with Gasteiger partial charge < -0.3 is 0 Å². The molecule has 7 heteroatoms. The first-order valence-electron chi connectivity index (χ1n) is 5.82. The highest BCUT2D eigenvalue weighted by Crippen LogP contribution is 2.30. The number of benzene rings is 1. The molecule has 3 rings (SSSR count). The number of imidazole rings is 1. The molecular weight excluding hydrogens is 363 g/mol. The van der Waals surface area contributed by atoms with E-state index in [1.807, 2.05) is 29.7 Å². The zero-order chi connectivity index (χ0) is 14.4. The second-order valence-corrected chi connectivity index (χ2v) is 5.97. The third-order valence-corrected chi connectivity index (χ3v) is 4.03. The highest BCUT2D eigenvalue weighted by Gasteiger charge is 2.16. The Labute approximate surface area is 133 Å². The van der Waals surface area contributed by atoms with E-state index in [2.05, 4.69) is 30.9 Å². The molecule has 0 spiro atoms. The van der Waals surface area contributed by atoms with Crippen LogP contribution >= 0.6 is 39.1 Å². The minimum atomic E-state index is 0.361. The highest BCUT2D eigenvalue weighted by atomic mass is 79.9. The summed E-state index contributed by atoms with van der Waals surface area (Å²) in [5.74, 6) is 1.39. The molecule has 102 valence electrons. The molecule has 0 fully saturated rings. The van der Waals surface area contributed by atoms with Gasteiger partial charge in [0.15, 0.2) is 10.8 Å². The van der Waals surface area contributed by atoms with Crippen molar-refractivity contribution in [1.29, 1.82) is 0 Å². The predicted molar refractivity (Wildman–Crippen MR) is 83.9 cm³/mol. The molecule has 0 aliphatic carbocycles. The molecule has 0 saturated carbocycles. The van der Waals surface area contributed by atoms with Gasteiger partial charge in [0.05, 0.1) is 5.69 Å². The number of hydrogen-bond acceptors (Lipinski definition) is 3. The normalized spacial score (nSPS) is 11.2. The summed E-state index contributed by atoms with van der Waals surface area (Å²) in [4.78, 5) is 13.0. The van der Waals surface area contributed by atoms with Crippen molar-refractivity contribution in [2.24, 2.45) is 0 Å². The molecule has 0 amide bonds. The summed E-state index contributed by atoms with van der Waals surface area (Å²) in [6.07, 6.45) is 0. The van der Waals surface area contributed by atoms with E-state index < -0.39 is 0 Å². The van der Waals surface area contributed by atoms with Crippen molar-refractivity contribution in [2.75, 3.05) is 0 Å². The topological polar surface area (TPSA) is 43.6 Å². The second kappa shape index (κ2) is 4.98. The SMILES string of the molecule is Cc1nc(Cl)c2nc(C)n(-c3ccc(Cl)cc3Br)c2n1. The molecule has 0 saturated heterocycles. The van der Waals surface area contributed by atoms with Crippen LogP contribution in [0.15, 0.2) is 22.7 Å². The summed E-state index contributed by atoms with van der Waals surface area (Å²) in [6.45, 7) is 3.70. The van der Waals surface area contributed by atoms with Gasteiger partial charge >= 0.3 is 0 Å². The zero-order valence-electron chi connectivity index (χ0n) is 10.7. The summed E-state index contributed by atoms with van der Waals surface area (Å²) in [5.41, 5.74) is 2.18. The summed E-state index contributed by atoms with van der Waals surface area (Å²) in [6, 6.07) is 5.56. The molecule has 0 N–H and O–H groups in total. The number of halogens is 3. The van der Waals surface area contributed by atoms with Gasteiger partial charge in [-0.2, -0.15) is 0 Å². The van der Waals surface area contributed by atoms with Crippen molar-refractivity contribution < 1.29 is 0 Å². The van der Waals surface area contributed by atoms with Crippen LogP contribution in [0.4, 0.5) is 0 Å². The summed E-state index contributed by atoms with van der Waals surface area (Å²) >= 11 is 15.6. The van der Waals surface area contributed by atoms with Crippen LogP contribution in [0.25, 0.3) is 16.9 Å². The van der Waals surface area contributed by atoms with Gasteiger partial charge in [-0.05, 0) is 48.0 Å². The molecule has 0 radical (unpaired) electrons. The van der Waals surface area contributed by atoms with Crippen molar-refractivity contribution >= 4 is 50.3 Å². The second-order valence-electron chi connectivity index (χ2n) is 4.32. The highest BCUT2D eigenvalue weighted by molar-refractivity contribution is 9.10. The van der Waals surface area contributed by atoms with Gasteiger partial charge in [-0.15, -0.1) is 0 Å². The van der Waals surface area contributed by atoms with Crippen molar-refractivity contribution in [3.63, 3.8) is 0 Å². The van der Waals surface area contributed by atoms with Crippen LogP contribution in [0, 0.1) is 13.8 Å². The van der Waals surface area contributed by atoms with Crippen molar-refractivity contribution in [3.8, 4) is 5.69 Å².